The van der Waals surface area contributed by atoms with Gasteiger partial charge in [-0.1, -0.05) is 66.7 Å². The van der Waals surface area contributed by atoms with Gasteiger partial charge in [-0.05, 0) is 36.5 Å². The number of benzene rings is 3. The summed E-state index contributed by atoms with van der Waals surface area (Å²) >= 11 is 5.43. The number of rotatable bonds is 3. The Morgan fingerprint density at radius 3 is 1.88 bits per heavy atom. The summed E-state index contributed by atoms with van der Waals surface area (Å²) in [5, 5.41) is 6.87. The van der Waals surface area contributed by atoms with Gasteiger partial charge in [0, 0.05) is 11.3 Å². The fourth-order valence-corrected chi connectivity index (χ4v) is 2.40. The molecule has 4 heteroatoms. The highest BCUT2D eigenvalue weighted by molar-refractivity contribution is 7.80. The van der Waals surface area contributed by atoms with E-state index in [1.807, 2.05) is 91.0 Å². The Kier molecular flexibility index (Phi) is 5.32. The van der Waals surface area contributed by atoms with Crippen LogP contribution >= 0.6 is 12.2 Å². The molecule has 0 spiro atoms. The van der Waals surface area contributed by atoms with E-state index in [2.05, 4.69) is 15.6 Å². The average Bonchev–Trinajstić information content (AvgIpc) is 2.63. The number of amidine groups is 1. The number of anilines is 1. The predicted molar refractivity (Wildman–Crippen MR) is 105 cm³/mol. The number of aliphatic imine (C=N–C) groups is 1. The number of thiocarbonyl (C=S) groups is 1. The Labute approximate surface area is 147 Å². The Morgan fingerprint density at radius 2 is 1.25 bits per heavy atom. The lowest BCUT2D eigenvalue weighted by atomic mass is 10.2. The monoisotopic (exact) mass is 331 g/mol. The molecule has 0 fully saturated rings. The average molecular weight is 331 g/mol. The van der Waals surface area contributed by atoms with E-state index in [0.29, 0.717) is 10.9 Å². The van der Waals surface area contributed by atoms with E-state index in [0.717, 1.165) is 16.9 Å². The standard InChI is InChI=1S/C20H17N3S/c24-20(22-18-14-8-3-9-15-18)23-19(16-10-4-1-5-11-16)21-17-12-6-2-7-13-17/h1-15H,(H2,21,22,23,24). The van der Waals surface area contributed by atoms with Gasteiger partial charge in [0.1, 0.15) is 5.84 Å². The van der Waals surface area contributed by atoms with Crippen LogP contribution in [0.1, 0.15) is 5.56 Å². The van der Waals surface area contributed by atoms with Crippen molar-refractivity contribution in [3.63, 3.8) is 0 Å². The smallest absolute Gasteiger partial charge is 0.176 e. The molecule has 3 rings (SSSR count). The molecule has 0 heterocycles. The Bertz CT molecular complexity index is 815. The van der Waals surface area contributed by atoms with Crippen LogP contribution in [0.25, 0.3) is 0 Å². The third-order valence-corrected chi connectivity index (χ3v) is 3.51. The summed E-state index contributed by atoms with van der Waals surface area (Å²) in [5.41, 5.74) is 2.77. The van der Waals surface area contributed by atoms with Crippen LogP contribution in [0.5, 0.6) is 0 Å². The van der Waals surface area contributed by atoms with Crippen LogP contribution in [0.2, 0.25) is 0 Å². The van der Waals surface area contributed by atoms with Crippen molar-refractivity contribution in [1.82, 2.24) is 5.32 Å². The third kappa shape index (κ3) is 4.51. The lowest BCUT2D eigenvalue weighted by Gasteiger charge is -2.13. The highest BCUT2D eigenvalue weighted by Gasteiger charge is 2.06. The maximum Gasteiger partial charge on any atom is 0.176 e. The van der Waals surface area contributed by atoms with Crippen LogP contribution in [0.15, 0.2) is 96.0 Å². The van der Waals surface area contributed by atoms with Crippen LogP contribution in [0.3, 0.4) is 0 Å². The minimum atomic E-state index is 0.500. The summed E-state index contributed by atoms with van der Waals surface area (Å²) in [5.74, 6) is 0.704. The molecule has 118 valence electrons. The molecule has 2 N–H and O–H groups in total. The molecule has 24 heavy (non-hydrogen) atoms. The summed E-state index contributed by atoms with van der Waals surface area (Å²) in [6.45, 7) is 0. The van der Waals surface area contributed by atoms with Gasteiger partial charge < -0.3 is 10.6 Å². The van der Waals surface area contributed by atoms with E-state index in [4.69, 9.17) is 12.2 Å². The molecule has 3 aromatic rings. The van der Waals surface area contributed by atoms with Gasteiger partial charge in [0.15, 0.2) is 5.11 Å². The first kappa shape index (κ1) is 15.9. The zero-order valence-electron chi connectivity index (χ0n) is 13.0. The molecule has 3 nitrogen and oxygen atoms in total. The highest BCUT2D eigenvalue weighted by atomic mass is 32.1. The molecule has 0 atom stereocenters. The second kappa shape index (κ2) is 8.04. The Hall–Kier alpha value is -2.98. The van der Waals surface area contributed by atoms with Crippen molar-refractivity contribution in [3.05, 3.63) is 96.6 Å². The van der Waals surface area contributed by atoms with E-state index in [1.54, 1.807) is 0 Å². The molecule has 0 saturated carbocycles. The largest absolute Gasteiger partial charge is 0.332 e. The fourth-order valence-electron chi connectivity index (χ4n) is 2.18. The topological polar surface area (TPSA) is 36.4 Å². The third-order valence-electron chi connectivity index (χ3n) is 3.31. The zero-order valence-corrected chi connectivity index (χ0v) is 13.8. The first-order valence-corrected chi connectivity index (χ1v) is 8.04. The van der Waals surface area contributed by atoms with E-state index in [-0.39, 0.29) is 0 Å². The molecule has 0 unspecified atom stereocenters. The molecule has 0 amide bonds. The molecule has 0 aliphatic carbocycles. The molecular weight excluding hydrogens is 314 g/mol. The maximum absolute atomic E-state index is 5.43. The first-order valence-electron chi connectivity index (χ1n) is 7.63. The number of hydrogen-bond acceptors (Lipinski definition) is 2. The van der Waals surface area contributed by atoms with Crippen molar-refractivity contribution < 1.29 is 0 Å². The number of nitrogens with one attached hydrogen (secondary N) is 2. The maximum atomic E-state index is 5.43. The molecule has 0 aromatic heterocycles. The van der Waals surface area contributed by atoms with Gasteiger partial charge in [-0.15, -0.1) is 0 Å². The molecule has 0 saturated heterocycles. The van der Waals surface area contributed by atoms with Gasteiger partial charge in [-0.25, -0.2) is 4.99 Å². The highest BCUT2D eigenvalue weighted by Crippen LogP contribution is 2.13. The van der Waals surface area contributed by atoms with Crippen molar-refractivity contribution in [2.45, 2.75) is 0 Å². The Morgan fingerprint density at radius 1 is 0.708 bits per heavy atom. The van der Waals surface area contributed by atoms with E-state index >= 15 is 0 Å². The lowest BCUT2D eigenvalue weighted by molar-refractivity contribution is 1.32. The van der Waals surface area contributed by atoms with Crippen molar-refractivity contribution >= 4 is 34.5 Å². The van der Waals surface area contributed by atoms with Crippen molar-refractivity contribution in [2.75, 3.05) is 5.32 Å². The fraction of sp³-hybridized carbons (Fsp3) is 0. The molecule has 3 aromatic carbocycles. The lowest BCUT2D eigenvalue weighted by Crippen LogP contribution is -2.34. The van der Waals surface area contributed by atoms with Gasteiger partial charge in [-0.3, -0.25) is 0 Å². The summed E-state index contributed by atoms with van der Waals surface area (Å²) in [6, 6.07) is 29.5. The predicted octanol–water partition coefficient (Wildman–Crippen LogP) is 4.75. The minimum absolute atomic E-state index is 0.500. The van der Waals surface area contributed by atoms with E-state index < -0.39 is 0 Å². The Balaban J connectivity index is 1.83. The molecule has 0 aliphatic rings. The van der Waals surface area contributed by atoms with Crippen LogP contribution in [-0.2, 0) is 0 Å². The second-order valence-electron chi connectivity index (χ2n) is 5.11. The molecule has 0 aliphatic heterocycles. The first-order chi connectivity index (χ1) is 11.8. The van der Waals surface area contributed by atoms with Crippen LogP contribution in [0.4, 0.5) is 11.4 Å². The van der Waals surface area contributed by atoms with Crippen LogP contribution in [-0.4, -0.2) is 10.9 Å². The van der Waals surface area contributed by atoms with Crippen molar-refractivity contribution in [1.29, 1.82) is 0 Å². The molecular formula is C20H17N3S. The van der Waals surface area contributed by atoms with E-state index in [9.17, 15) is 0 Å². The number of hydrogen-bond donors (Lipinski definition) is 2. The van der Waals surface area contributed by atoms with Crippen LogP contribution in [0, 0.1) is 0 Å². The second-order valence-corrected chi connectivity index (χ2v) is 5.52. The zero-order chi connectivity index (χ0) is 16.6. The van der Waals surface area contributed by atoms with Crippen molar-refractivity contribution in [2.24, 2.45) is 4.99 Å². The van der Waals surface area contributed by atoms with Gasteiger partial charge in [0.2, 0.25) is 0 Å². The minimum Gasteiger partial charge on any atom is -0.332 e. The molecule has 0 bridgehead atoms. The number of nitrogens with zero attached hydrogens (tertiary/aromatic N) is 1. The summed E-state index contributed by atoms with van der Waals surface area (Å²) < 4.78 is 0. The van der Waals surface area contributed by atoms with Gasteiger partial charge in [-0.2, -0.15) is 0 Å². The SMILES string of the molecule is S=C(N/C(=N\c1ccccc1)c1ccccc1)Nc1ccccc1. The normalized spacial score (nSPS) is 10.9. The molecule has 0 radical (unpaired) electrons. The quantitative estimate of drug-likeness (QED) is 0.413. The summed E-state index contributed by atoms with van der Waals surface area (Å²) in [6.07, 6.45) is 0. The summed E-state index contributed by atoms with van der Waals surface area (Å²) in [7, 11) is 0. The van der Waals surface area contributed by atoms with Gasteiger partial charge in [0.05, 0.1) is 5.69 Å². The number of para-hydroxylation sites is 2. The van der Waals surface area contributed by atoms with E-state index in [1.165, 1.54) is 0 Å². The van der Waals surface area contributed by atoms with Crippen molar-refractivity contribution in [3.8, 4) is 0 Å². The van der Waals surface area contributed by atoms with Crippen LogP contribution < -0.4 is 10.6 Å². The van der Waals surface area contributed by atoms with Gasteiger partial charge >= 0.3 is 0 Å². The van der Waals surface area contributed by atoms with Gasteiger partial charge in [0.25, 0.3) is 0 Å². The summed E-state index contributed by atoms with van der Waals surface area (Å²) in [4.78, 5) is 4.69.